The molecular weight excluding hydrogens is 340 g/mol. The highest BCUT2D eigenvalue weighted by molar-refractivity contribution is 5.95. The van der Waals surface area contributed by atoms with E-state index in [0.717, 1.165) is 16.8 Å². The largest absolute Gasteiger partial charge is 0.451 e. The number of aromatic nitrogens is 2. The molecule has 1 aromatic heterocycles. The minimum atomic E-state index is -3.05. The van der Waals surface area contributed by atoms with Crippen LogP contribution in [0.5, 0.6) is 5.75 Å². The Balaban J connectivity index is 1.96. The van der Waals surface area contributed by atoms with E-state index in [1.54, 1.807) is 0 Å². The summed E-state index contributed by atoms with van der Waals surface area (Å²) >= 11 is 0. The van der Waals surface area contributed by atoms with Gasteiger partial charge in [0.25, 0.3) is 11.5 Å². The van der Waals surface area contributed by atoms with Gasteiger partial charge in [-0.1, -0.05) is 12.1 Å². The van der Waals surface area contributed by atoms with Crippen molar-refractivity contribution in [1.29, 1.82) is 0 Å². The monoisotopic (exact) mass is 353 g/mol. The summed E-state index contributed by atoms with van der Waals surface area (Å²) in [6, 6.07) is 7.86. The molecule has 10 heteroatoms. The highest BCUT2D eigenvalue weighted by Gasteiger charge is 2.15. The SMILES string of the molecule is Cn1nc(C(=O)OCC(=O)Nc2ccccc2OC(F)F)ccc1=O. The van der Waals surface area contributed by atoms with E-state index in [1.807, 2.05) is 0 Å². The van der Waals surface area contributed by atoms with Gasteiger partial charge in [0.15, 0.2) is 12.3 Å². The first-order valence-electron chi connectivity index (χ1n) is 6.92. The van der Waals surface area contributed by atoms with Gasteiger partial charge in [-0.3, -0.25) is 9.59 Å². The molecule has 2 aromatic rings. The Bertz CT molecular complexity index is 838. The molecule has 0 aliphatic heterocycles. The normalized spacial score (nSPS) is 10.4. The second-order valence-electron chi connectivity index (χ2n) is 4.68. The average molecular weight is 353 g/mol. The summed E-state index contributed by atoms with van der Waals surface area (Å²) in [5, 5.41) is 5.97. The zero-order valence-corrected chi connectivity index (χ0v) is 12.9. The fraction of sp³-hybridized carbons (Fsp3) is 0.200. The Morgan fingerprint density at radius 1 is 1.24 bits per heavy atom. The molecule has 0 atom stereocenters. The molecule has 0 fully saturated rings. The number of carbonyl (C=O) groups excluding carboxylic acids is 2. The summed E-state index contributed by atoms with van der Waals surface area (Å²) in [7, 11) is 1.35. The van der Waals surface area contributed by atoms with E-state index in [1.165, 1.54) is 31.3 Å². The van der Waals surface area contributed by atoms with Crippen LogP contribution in [0.1, 0.15) is 10.5 Å². The number of hydrogen-bond donors (Lipinski definition) is 1. The van der Waals surface area contributed by atoms with Crippen LogP contribution < -0.4 is 15.6 Å². The van der Waals surface area contributed by atoms with Gasteiger partial charge in [-0.25, -0.2) is 9.48 Å². The van der Waals surface area contributed by atoms with Crippen LogP contribution in [0.15, 0.2) is 41.2 Å². The van der Waals surface area contributed by atoms with E-state index in [-0.39, 0.29) is 17.1 Å². The lowest BCUT2D eigenvalue weighted by Crippen LogP contribution is -2.24. The summed E-state index contributed by atoms with van der Waals surface area (Å²) in [5.41, 5.74) is -0.564. The summed E-state index contributed by atoms with van der Waals surface area (Å²) in [4.78, 5) is 34.8. The predicted molar refractivity (Wildman–Crippen MR) is 81.5 cm³/mol. The van der Waals surface area contributed by atoms with Gasteiger partial charge in [-0.05, 0) is 18.2 Å². The second kappa shape index (κ2) is 7.99. The first kappa shape index (κ1) is 18.0. The number of anilines is 1. The quantitative estimate of drug-likeness (QED) is 0.783. The number of ether oxygens (including phenoxy) is 2. The molecule has 0 radical (unpaired) electrons. The van der Waals surface area contributed by atoms with E-state index >= 15 is 0 Å². The van der Waals surface area contributed by atoms with Crippen molar-refractivity contribution in [2.45, 2.75) is 6.61 Å². The van der Waals surface area contributed by atoms with E-state index in [0.29, 0.717) is 0 Å². The van der Waals surface area contributed by atoms with Gasteiger partial charge >= 0.3 is 12.6 Å². The van der Waals surface area contributed by atoms with Crippen LogP contribution in [0.2, 0.25) is 0 Å². The van der Waals surface area contributed by atoms with Crippen molar-refractivity contribution < 1.29 is 27.8 Å². The number of nitrogens with one attached hydrogen (secondary N) is 1. The fourth-order valence-electron chi connectivity index (χ4n) is 1.77. The number of esters is 1. The molecule has 0 spiro atoms. The summed E-state index contributed by atoms with van der Waals surface area (Å²) in [6.45, 7) is -3.72. The van der Waals surface area contributed by atoms with Gasteiger partial charge in [0.05, 0.1) is 5.69 Å². The molecule has 2 rings (SSSR count). The number of aryl methyl sites for hydroxylation is 1. The number of halogens is 2. The molecule has 0 bridgehead atoms. The van der Waals surface area contributed by atoms with E-state index in [2.05, 4.69) is 15.2 Å². The van der Waals surface area contributed by atoms with Gasteiger partial charge < -0.3 is 14.8 Å². The topological polar surface area (TPSA) is 99.5 Å². The summed E-state index contributed by atoms with van der Waals surface area (Å²) in [6.07, 6.45) is 0. The molecule has 1 N–H and O–H groups in total. The second-order valence-corrected chi connectivity index (χ2v) is 4.68. The minimum absolute atomic E-state index is 0.00378. The Labute approximate surface area is 140 Å². The number of carbonyl (C=O) groups is 2. The lowest BCUT2D eigenvalue weighted by Gasteiger charge is -2.11. The third-order valence-electron chi connectivity index (χ3n) is 2.88. The molecule has 0 saturated carbocycles. The summed E-state index contributed by atoms with van der Waals surface area (Å²) < 4.78 is 34.6. The van der Waals surface area contributed by atoms with E-state index < -0.39 is 30.7 Å². The number of para-hydroxylation sites is 2. The zero-order chi connectivity index (χ0) is 18.4. The van der Waals surface area contributed by atoms with Crippen LogP contribution >= 0.6 is 0 Å². The van der Waals surface area contributed by atoms with Crippen molar-refractivity contribution in [2.24, 2.45) is 7.05 Å². The van der Waals surface area contributed by atoms with Gasteiger partial charge in [0.1, 0.15) is 5.75 Å². The molecule has 0 unspecified atom stereocenters. The Morgan fingerprint density at radius 3 is 2.64 bits per heavy atom. The number of amides is 1. The zero-order valence-electron chi connectivity index (χ0n) is 12.9. The third kappa shape index (κ3) is 5.09. The molecule has 132 valence electrons. The third-order valence-corrected chi connectivity index (χ3v) is 2.88. The number of benzene rings is 1. The molecule has 0 saturated heterocycles. The van der Waals surface area contributed by atoms with Crippen LogP contribution in [0.25, 0.3) is 0 Å². The number of alkyl halides is 2. The van der Waals surface area contributed by atoms with Crippen molar-refractivity contribution in [3.8, 4) is 5.75 Å². The number of rotatable bonds is 6. The Hall–Kier alpha value is -3.30. The maximum atomic E-state index is 12.3. The maximum absolute atomic E-state index is 12.3. The van der Waals surface area contributed by atoms with Crippen LogP contribution in [0.3, 0.4) is 0 Å². The first-order valence-corrected chi connectivity index (χ1v) is 6.92. The maximum Gasteiger partial charge on any atom is 0.387 e. The van der Waals surface area contributed by atoms with Crippen molar-refractivity contribution in [3.63, 3.8) is 0 Å². The van der Waals surface area contributed by atoms with Gasteiger partial charge in [0.2, 0.25) is 0 Å². The summed E-state index contributed by atoms with van der Waals surface area (Å²) in [5.74, 6) is -1.90. The lowest BCUT2D eigenvalue weighted by molar-refractivity contribution is -0.119. The van der Waals surface area contributed by atoms with Gasteiger partial charge in [-0.2, -0.15) is 13.9 Å². The van der Waals surface area contributed by atoms with Crippen LogP contribution in [-0.2, 0) is 16.6 Å². The smallest absolute Gasteiger partial charge is 0.387 e. The van der Waals surface area contributed by atoms with Crippen molar-refractivity contribution in [3.05, 3.63) is 52.4 Å². The molecule has 1 amide bonds. The van der Waals surface area contributed by atoms with Crippen LogP contribution in [0, 0.1) is 0 Å². The van der Waals surface area contributed by atoms with Crippen molar-refractivity contribution >= 4 is 17.6 Å². The molecule has 0 aliphatic carbocycles. The fourth-order valence-corrected chi connectivity index (χ4v) is 1.77. The van der Waals surface area contributed by atoms with Gasteiger partial charge in [0, 0.05) is 13.1 Å². The molecule has 8 nitrogen and oxygen atoms in total. The molecular formula is C15H13F2N3O5. The van der Waals surface area contributed by atoms with E-state index in [9.17, 15) is 23.2 Å². The highest BCUT2D eigenvalue weighted by atomic mass is 19.3. The van der Waals surface area contributed by atoms with Gasteiger partial charge in [-0.15, -0.1) is 0 Å². The Kier molecular flexibility index (Phi) is 5.77. The van der Waals surface area contributed by atoms with Crippen LogP contribution in [-0.4, -0.2) is 34.9 Å². The number of hydrogen-bond acceptors (Lipinski definition) is 6. The Morgan fingerprint density at radius 2 is 1.96 bits per heavy atom. The molecule has 1 aromatic carbocycles. The molecule has 1 heterocycles. The lowest BCUT2D eigenvalue weighted by atomic mass is 10.3. The number of nitrogens with zero attached hydrogens (tertiary/aromatic N) is 2. The predicted octanol–water partition coefficient (Wildman–Crippen LogP) is 1.18. The first-order chi connectivity index (χ1) is 11.9. The van der Waals surface area contributed by atoms with Crippen LogP contribution in [0.4, 0.5) is 14.5 Å². The van der Waals surface area contributed by atoms with Crippen molar-refractivity contribution in [2.75, 3.05) is 11.9 Å². The molecule has 25 heavy (non-hydrogen) atoms. The minimum Gasteiger partial charge on any atom is -0.451 e. The standard InChI is InChI=1S/C15H13F2N3O5/c1-20-13(22)7-6-10(19-20)14(23)24-8-12(21)18-9-4-2-3-5-11(9)25-15(16)17/h2-7,15H,8H2,1H3,(H,18,21). The van der Waals surface area contributed by atoms with E-state index in [4.69, 9.17) is 4.74 Å². The molecule has 0 aliphatic rings. The highest BCUT2D eigenvalue weighted by Crippen LogP contribution is 2.25. The average Bonchev–Trinajstić information content (AvgIpc) is 2.56. The van der Waals surface area contributed by atoms with Crippen molar-refractivity contribution in [1.82, 2.24) is 9.78 Å².